The molecule has 0 saturated carbocycles. The minimum atomic E-state index is -3.89. The lowest BCUT2D eigenvalue weighted by atomic mass is 10.3. The minimum absolute atomic E-state index is 0.0269. The summed E-state index contributed by atoms with van der Waals surface area (Å²) in [6.45, 7) is 0. The molecule has 0 aliphatic heterocycles. The van der Waals surface area contributed by atoms with Crippen LogP contribution in [0.3, 0.4) is 0 Å². The maximum atomic E-state index is 14.0. The maximum absolute atomic E-state index is 14.0. The molecule has 10 nitrogen and oxygen atoms in total. The molecule has 0 radical (unpaired) electrons. The summed E-state index contributed by atoms with van der Waals surface area (Å²) in [4.78, 5) is 17.9. The van der Waals surface area contributed by atoms with Crippen molar-refractivity contribution < 1.29 is 17.7 Å². The third kappa shape index (κ3) is 4.55. The Hall–Kier alpha value is -3.64. The van der Waals surface area contributed by atoms with Gasteiger partial charge in [0, 0.05) is 23.5 Å². The van der Waals surface area contributed by atoms with Crippen LogP contribution >= 0.6 is 0 Å². The van der Waals surface area contributed by atoms with Crippen LogP contribution in [0.4, 0.5) is 33.2 Å². The lowest BCUT2D eigenvalue weighted by Gasteiger charge is -2.10. The predicted molar refractivity (Wildman–Crippen MR) is 99.5 cm³/mol. The summed E-state index contributed by atoms with van der Waals surface area (Å²) in [5.74, 6) is -1.03. The van der Waals surface area contributed by atoms with Crippen LogP contribution in [-0.2, 0) is 10.0 Å². The number of aromatic nitrogens is 2. The summed E-state index contributed by atoms with van der Waals surface area (Å²) in [6.07, 6.45) is 0.901. The van der Waals surface area contributed by atoms with E-state index in [0.29, 0.717) is 5.69 Å². The van der Waals surface area contributed by atoms with E-state index in [4.69, 9.17) is 5.14 Å². The first-order chi connectivity index (χ1) is 13.2. The Bertz CT molecular complexity index is 1160. The van der Waals surface area contributed by atoms with Gasteiger partial charge in [-0.05, 0) is 24.3 Å². The number of benzene rings is 2. The lowest BCUT2D eigenvalue weighted by molar-refractivity contribution is -0.384. The van der Waals surface area contributed by atoms with Gasteiger partial charge >= 0.3 is 0 Å². The number of nitro benzene ring substituents is 1. The highest BCUT2D eigenvalue weighted by Crippen LogP contribution is 2.24. The van der Waals surface area contributed by atoms with Gasteiger partial charge in [0.25, 0.3) is 5.69 Å². The number of nitrogens with two attached hydrogens (primary N) is 1. The Labute approximate surface area is 158 Å². The lowest BCUT2D eigenvalue weighted by Crippen LogP contribution is -2.12. The second-order valence-electron chi connectivity index (χ2n) is 5.52. The van der Waals surface area contributed by atoms with E-state index in [0.717, 1.165) is 6.20 Å². The second kappa shape index (κ2) is 7.54. The summed E-state index contributed by atoms with van der Waals surface area (Å²) in [7, 11) is -3.89. The van der Waals surface area contributed by atoms with Crippen molar-refractivity contribution in [2.75, 3.05) is 10.6 Å². The van der Waals surface area contributed by atoms with Crippen molar-refractivity contribution in [3.8, 4) is 0 Å². The fourth-order valence-corrected chi connectivity index (χ4v) is 2.79. The number of primary sulfonamides is 1. The standard InChI is InChI=1S/C16H13FN6O4S/c17-14-9-19-16(21-11-4-2-6-13(8-11)28(18,26)27)22-15(14)20-10-3-1-5-12(7-10)23(24)25/h1-9H,(H2,18,26,27)(H2,19,20,21,22). The molecule has 0 saturated heterocycles. The Morgan fingerprint density at radius 3 is 2.43 bits per heavy atom. The number of nitrogens with one attached hydrogen (secondary N) is 2. The molecule has 0 bridgehead atoms. The number of non-ortho nitro benzene ring substituents is 1. The first-order valence-electron chi connectivity index (χ1n) is 7.66. The number of anilines is 4. The zero-order valence-electron chi connectivity index (χ0n) is 14.0. The largest absolute Gasteiger partial charge is 0.337 e. The Morgan fingerprint density at radius 2 is 1.75 bits per heavy atom. The van der Waals surface area contributed by atoms with Gasteiger partial charge in [-0.1, -0.05) is 12.1 Å². The van der Waals surface area contributed by atoms with Gasteiger partial charge in [0.15, 0.2) is 11.6 Å². The summed E-state index contributed by atoms with van der Waals surface area (Å²) in [5, 5.41) is 21.3. The molecule has 12 heteroatoms. The van der Waals surface area contributed by atoms with Crippen molar-refractivity contribution in [2.24, 2.45) is 5.14 Å². The average molecular weight is 404 g/mol. The highest BCUT2D eigenvalue weighted by atomic mass is 32.2. The molecule has 3 rings (SSSR count). The zero-order valence-corrected chi connectivity index (χ0v) is 14.9. The predicted octanol–water partition coefficient (Wildman–Crippen LogP) is 2.66. The van der Waals surface area contributed by atoms with Gasteiger partial charge in [0.2, 0.25) is 16.0 Å². The van der Waals surface area contributed by atoms with Crippen molar-refractivity contribution in [3.63, 3.8) is 0 Å². The van der Waals surface area contributed by atoms with Crippen LogP contribution < -0.4 is 15.8 Å². The molecule has 0 aliphatic carbocycles. The molecule has 0 amide bonds. The molecule has 0 atom stereocenters. The molecule has 3 aromatic rings. The first kappa shape index (κ1) is 19.1. The molecule has 4 N–H and O–H groups in total. The smallest absolute Gasteiger partial charge is 0.271 e. The van der Waals surface area contributed by atoms with E-state index in [-0.39, 0.29) is 28.0 Å². The molecule has 0 aliphatic rings. The van der Waals surface area contributed by atoms with E-state index in [9.17, 15) is 22.9 Å². The monoisotopic (exact) mass is 404 g/mol. The number of hydrogen-bond donors (Lipinski definition) is 3. The van der Waals surface area contributed by atoms with Crippen LogP contribution in [0.25, 0.3) is 0 Å². The third-order valence-electron chi connectivity index (χ3n) is 3.48. The van der Waals surface area contributed by atoms with Gasteiger partial charge in [-0.3, -0.25) is 10.1 Å². The number of hydrogen-bond acceptors (Lipinski definition) is 8. The third-order valence-corrected chi connectivity index (χ3v) is 4.39. The van der Waals surface area contributed by atoms with Gasteiger partial charge in [0.1, 0.15) is 0 Å². The van der Waals surface area contributed by atoms with Crippen LogP contribution in [-0.4, -0.2) is 23.3 Å². The minimum Gasteiger partial charge on any atom is -0.337 e. The molecule has 144 valence electrons. The highest BCUT2D eigenvalue weighted by molar-refractivity contribution is 7.89. The molecule has 0 spiro atoms. The van der Waals surface area contributed by atoms with Crippen molar-refractivity contribution in [2.45, 2.75) is 4.90 Å². The van der Waals surface area contributed by atoms with E-state index >= 15 is 0 Å². The van der Waals surface area contributed by atoms with Gasteiger partial charge in [-0.15, -0.1) is 0 Å². The Morgan fingerprint density at radius 1 is 1.07 bits per heavy atom. The Balaban J connectivity index is 1.86. The maximum Gasteiger partial charge on any atom is 0.271 e. The highest BCUT2D eigenvalue weighted by Gasteiger charge is 2.12. The summed E-state index contributed by atoms with van der Waals surface area (Å²) in [6, 6.07) is 11.1. The topological polar surface area (TPSA) is 153 Å². The molecule has 0 fully saturated rings. The van der Waals surface area contributed by atoms with Crippen LogP contribution in [0, 0.1) is 15.9 Å². The molecule has 1 heterocycles. The van der Waals surface area contributed by atoms with E-state index < -0.39 is 20.8 Å². The quantitative estimate of drug-likeness (QED) is 0.418. The van der Waals surface area contributed by atoms with Gasteiger partial charge < -0.3 is 10.6 Å². The molecule has 28 heavy (non-hydrogen) atoms. The molecular weight excluding hydrogens is 391 g/mol. The van der Waals surface area contributed by atoms with Crippen molar-refractivity contribution in [3.05, 3.63) is 70.7 Å². The van der Waals surface area contributed by atoms with E-state index in [1.807, 2.05) is 0 Å². The number of nitrogens with zero attached hydrogens (tertiary/aromatic N) is 3. The summed E-state index contributed by atoms with van der Waals surface area (Å²) >= 11 is 0. The van der Waals surface area contributed by atoms with Crippen LogP contribution in [0.15, 0.2) is 59.6 Å². The van der Waals surface area contributed by atoms with E-state index in [2.05, 4.69) is 20.6 Å². The Kier molecular flexibility index (Phi) is 5.15. The second-order valence-corrected chi connectivity index (χ2v) is 7.08. The normalized spacial score (nSPS) is 11.1. The number of halogens is 1. The van der Waals surface area contributed by atoms with Crippen molar-refractivity contribution in [1.82, 2.24) is 9.97 Å². The summed E-state index contributed by atoms with van der Waals surface area (Å²) < 4.78 is 36.9. The van der Waals surface area contributed by atoms with E-state index in [1.165, 1.54) is 42.5 Å². The van der Waals surface area contributed by atoms with Crippen LogP contribution in [0.2, 0.25) is 0 Å². The molecule has 0 unspecified atom stereocenters. The molecular formula is C16H13FN6O4S. The fraction of sp³-hybridized carbons (Fsp3) is 0. The molecule has 2 aromatic carbocycles. The van der Waals surface area contributed by atoms with Crippen molar-refractivity contribution in [1.29, 1.82) is 0 Å². The van der Waals surface area contributed by atoms with Crippen LogP contribution in [0.1, 0.15) is 0 Å². The fourth-order valence-electron chi connectivity index (χ4n) is 2.23. The summed E-state index contributed by atoms with van der Waals surface area (Å²) in [5.41, 5.74) is 0.408. The van der Waals surface area contributed by atoms with Gasteiger partial charge in [-0.2, -0.15) is 4.98 Å². The zero-order chi connectivity index (χ0) is 20.3. The SMILES string of the molecule is NS(=O)(=O)c1cccc(Nc2ncc(F)c(Nc3cccc([N+](=O)[O-])c3)n2)c1. The van der Waals surface area contributed by atoms with Gasteiger partial charge in [-0.25, -0.2) is 22.9 Å². The van der Waals surface area contributed by atoms with Crippen LogP contribution in [0.5, 0.6) is 0 Å². The number of nitro groups is 1. The van der Waals surface area contributed by atoms with Crippen molar-refractivity contribution >= 4 is 38.9 Å². The average Bonchev–Trinajstić information content (AvgIpc) is 2.64. The molecule has 1 aromatic heterocycles. The number of sulfonamides is 1. The van der Waals surface area contributed by atoms with E-state index in [1.54, 1.807) is 6.07 Å². The van der Waals surface area contributed by atoms with Gasteiger partial charge in [0.05, 0.1) is 16.0 Å². The number of rotatable bonds is 6. The first-order valence-corrected chi connectivity index (χ1v) is 9.21.